The SMILES string of the molecule is CN(CCC(F)(F)F)Cc1ccccc1C(=O)O. The van der Waals surface area contributed by atoms with E-state index in [1.165, 1.54) is 18.0 Å². The van der Waals surface area contributed by atoms with Crippen molar-refractivity contribution in [2.75, 3.05) is 13.6 Å². The Morgan fingerprint density at radius 1 is 1.33 bits per heavy atom. The van der Waals surface area contributed by atoms with Crippen LogP contribution in [0.5, 0.6) is 0 Å². The van der Waals surface area contributed by atoms with Crippen LogP contribution in [0.25, 0.3) is 0 Å². The van der Waals surface area contributed by atoms with Gasteiger partial charge in [0.1, 0.15) is 0 Å². The minimum Gasteiger partial charge on any atom is -0.478 e. The molecule has 1 aromatic rings. The van der Waals surface area contributed by atoms with E-state index >= 15 is 0 Å². The summed E-state index contributed by atoms with van der Waals surface area (Å²) in [7, 11) is 1.53. The van der Waals surface area contributed by atoms with Crippen molar-refractivity contribution in [2.45, 2.75) is 19.1 Å². The molecule has 0 amide bonds. The number of carboxylic acid groups (broad SMARTS) is 1. The van der Waals surface area contributed by atoms with E-state index in [2.05, 4.69) is 0 Å². The molecule has 0 aliphatic rings. The van der Waals surface area contributed by atoms with Crippen LogP contribution in [0.2, 0.25) is 0 Å². The fourth-order valence-electron chi connectivity index (χ4n) is 1.55. The number of rotatable bonds is 5. The lowest BCUT2D eigenvalue weighted by Gasteiger charge is -2.18. The van der Waals surface area contributed by atoms with Gasteiger partial charge >= 0.3 is 12.1 Å². The molecule has 0 unspecified atom stereocenters. The minimum atomic E-state index is -4.19. The van der Waals surface area contributed by atoms with Gasteiger partial charge in [0.05, 0.1) is 12.0 Å². The molecular formula is C12H14F3NO2. The Hall–Kier alpha value is -1.56. The zero-order valence-electron chi connectivity index (χ0n) is 9.87. The first kappa shape index (κ1) is 14.5. The number of halogens is 3. The maximum absolute atomic E-state index is 12.0. The van der Waals surface area contributed by atoms with Gasteiger partial charge in [-0.25, -0.2) is 4.79 Å². The summed E-state index contributed by atoms with van der Waals surface area (Å²) in [5.74, 6) is -1.07. The van der Waals surface area contributed by atoms with Gasteiger partial charge in [-0.3, -0.25) is 0 Å². The van der Waals surface area contributed by atoms with Crippen LogP contribution in [-0.4, -0.2) is 35.7 Å². The highest BCUT2D eigenvalue weighted by molar-refractivity contribution is 5.89. The molecule has 1 N–H and O–H groups in total. The predicted molar refractivity (Wildman–Crippen MR) is 60.4 cm³/mol. The van der Waals surface area contributed by atoms with Crippen LogP contribution in [0.1, 0.15) is 22.3 Å². The van der Waals surface area contributed by atoms with Crippen LogP contribution < -0.4 is 0 Å². The Balaban J connectivity index is 2.64. The van der Waals surface area contributed by atoms with Crippen LogP contribution in [0.3, 0.4) is 0 Å². The summed E-state index contributed by atoms with van der Waals surface area (Å²) >= 11 is 0. The Bertz CT molecular complexity index is 418. The summed E-state index contributed by atoms with van der Waals surface area (Å²) in [4.78, 5) is 12.4. The van der Waals surface area contributed by atoms with Crippen molar-refractivity contribution in [3.05, 3.63) is 35.4 Å². The molecule has 0 radical (unpaired) electrons. The maximum Gasteiger partial charge on any atom is 0.390 e. The molecule has 0 saturated carbocycles. The van der Waals surface area contributed by atoms with E-state index in [4.69, 9.17) is 5.11 Å². The molecule has 0 spiro atoms. The predicted octanol–water partition coefficient (Wildman–Crippen LogP) is 2.77. The summed E-state index contributed by atoms with van der Waals surface area (Å²) in [6.45, 7) is 0.0238. The van der Waals surface area contributed by atoms with E-state index < -0.39 is 18.6 Å². The van der Waals surface area contributed by atoms with E-state index in [0.29, 0.717) is 5.56 Å². The van der Waals surface area contributed by atoms with Gasteiger partial charge in [0.2, 0.25) is 0 Å². The number of hydrogen-bond acceptors (Lipinski definition) is 2. The number of nitrogens with zero attached hydrogens (tertiary/aromatic N) is 1. The van der Waals surface area contributed by atoms with Gasteiger partial charge in [-0.1, -0.05) is 18.2 Å². The van der Waals surface area contributed by atoms with Crippen molar-refractivity contribution in [1.82, 2.24) is 4.90 Å². The van der Waals surface area contributed by atoms with E-state index in [0.717, 1.165) is 0 Å². The van der Waals surface area contributed by atoms with E-state index in [1.54, 1.807) is 18.2 Å². The highest BCUT2D eigenvalue weighted by Crippen LogP contribution is 2.20. The zero-order chi connectivity index (χ0) is 13.8. The summed E-state index contributed by atoms with van der Waals surface area (Å²) in [5, 5.41) is 8.94. The van der Waals surface area contributed by atoms with E-state index in [9.17, 15) is 18.0 Å². The van der Waals surface area contributed by atoms with E-state index in [1.807, 2.05) is 0 Å². The number of alkyl halides is 3. The summed E-state index contributed by atoms with van der Waals surface area (Å²) in [6.07, 6.45) is -5.10. The highest BCUT2D eigenvalue weighted by Gasteiger charge is 2.27. The molecule has 100 valence electrons. The van der Waals surface area contributed by atoms with Crippen molar-refractivity contribution in [2.24, 2.45) is 0 Å². The summed E-state index contributed by atoms with van der Waals surface area (Å²) in [6, 6.07) is 6.30. The average Bonchev–Trinajstić information content (AvgIpc) is 2.26. The molecule has 6 heteroatoms. The average molecular weight is 261 g/mol. The summed E-state index contributed by atoms with van der Waals surface area (Å²) < 4.78 is 36.1. The first-order chi connectivity index (χ1) is 8.29. The lowest BCUT2D eigenvalue weighted by molar-refractivity contribution is -0.137. The van der Waals surface area contributed by atoms with Crippen LogP contribution in [0, 0.1) is 0 Å². The van der Waals surface area contributed by atoms with Gasteiger partial charge in [0, 0.05) is 13.1 Å². The molecule has 0 aliphatic carbocycles. The molecule has 0 aliphatic heterocycles. The third-order valence-electron chi connectivity index (χ3n) is 2.47. The van der Waals surface area contributed by atoms with Gasteiger partial charge in [-0.15, -0.1) is 0 Å². The molecule has 0 heterocycles. The molecule has 0 fully saturated rings. The lowest BCUT2D eigenvalue weighted by Crippen LogP contribution is -2.25. The van der Waals surface area contributed by atoms with Crippen molar-refractivity contribution in [3.63, 3.8) is 0 Å². The zero-order valence-corrected chi connectivity index (χ0v) is 9.87. The first-order valence-corrected chi connectivity index (χ1v) is 5.36. The Kier molecular flexibility index (Phi) is 4.72. The van der Waals surface area contributed by atoms with Gasteiger partial charge in [-0.2, -0.15) is 13.2 Å². The first-order valence-electron chi connectivity index (χ1n) is 5.36. The largest absolute Gasteiger partial charge is 0.478 e. The fraction of sp³-hybridized carbons (Fsp3) is 0.417. The monoisotopic (exact) mass is 261 g/mol. The molecule has 0 bridgehead atoms. The fourth-order valence-corrected chi connectivity index (χ4v) is 1.55. The van der Waals surface area contributed by atoms with Crippen LogP contribution in [0.4, 0.5) is 13.2 Å². The number of carboxylic acids is 1. The number of hydrogen-bond donors (Lipinski definition) is 1. The third kappa shape index (κ3) is 4.75. The van der Waals surface area contributed by atoms with Gasteiger partial charge in [-0.05, 0) is 18.7 Å². The number of aromatic carboxylic acids is 1. The third-order valence-corrected chi connectivity index (χ3v) is 2.47. The topological polar surface area (TPSA) is 40.5 Å². The molecule has 0 atom stereocenters. The molecule has 18 heavy (non-hydrogen) atoms. The smallest absolute Gasteiger partial charge is 0.390 e. The van der Waals surface area contributed by atoms with Crippen LogP contribution in [0.15, 0.2) is 24.3 Å². The summed E-state index contributed by atoms with van der Waals surface area (Å²) in [5.41, 5.74) is 0.631. The van der Waals surface area contributed by atoms with Crippen molar-refractivity contribution < 1.29 is 23.1 Å². The van der Waals surface area contributed by atoms with Crippen molar-refractivity contribution >= 4 is 5.97 Å². The second-order valence-corrected chi connectivity index (χ2v) is 4.07. The lowest BCUT2D eigenvalue weighted by atomic mass is 10.1. The Morgan fingerprint density at radius 3 is 2.50 bits per heavy atom. The van der Waals surface area contributed by atoms with E-state index in [-0.39, 0.29) is 18.7 Å². The normalized spacial score (nSPS) is 11.8. The molecule has 0 saturated heterocycles. The van der Waals surface area contributed by atoms with Gasteiger partial charge in [0.25, 0.3) is 0 Å². The molecule has 0 aromatic heterocycles. The molecule has 3 nitrogen and oxygen atoms in total. The second-order valence-electron chi connectivity index (χ2n) is 4.07. The van der Waals surface area contributed by atoms with Crippen molar-refractivity contribution in [1.29, 1.82) is 0 Å². The molecule has 1 rings (SSSR count). The maximum atomic E-state index is 12.0. The van der Waals surface area contributed by atoms with Gasteiger partial charge in [0.15, 0.2) is 0 Å². The second kappa shape index (κ2) is 5.86. The Morgan fingerprint density at radius 2 is 1.94 bits per heavy atom. The standard InChI is InChI=1S/C12H14F3NO2/c1-16(7-6-12(13,14)15)8-9-4-2-3-5-10(9)11(17)18/h2-5H,6-8H2,1H3,(H,17,18). The molecular weight excluding hydrogens is 247 g/mol. The Labute approximate surface area is 103 Å². The number of benzene rings is 1. The minimum absolute atomic E-state index is 0.122. The highest BCUT2D eigenvalue weighted by atomic mass is 19.4. The van der Waals surface area contributed by atoms with Gasteiger partial charge < -0.3 is 10.0 Å². The van der Waals surface area contributed by atoms with Crippen LogP contribution in [-0.2, 0) is 6.54 Å². The van der Waals surface area contributed by atoms with Crippen molar-refractivity contribution in [3.8, 4) is 0 Å². The van der Waals surface area contributed by atoms with Crippen LogP contribution >= 0.6 is 0 Å². The molecule has 1 aromatic carbocycles. The number of carbonyl (C=O) groups is 1. The quantitative estimate of drug-likeness (QED) is 0.886.